The number of carbonyl (C=O) groups excluding carboxylic acids is 2. The molecule has 1 N–H and O–H groups in total. The average Bonchev–Trinajstić information content (AvgIpc) is 2.96. The van der Waals surface area contributed by atoms with Crippen LogP contribution in [-0.2, 0) is 44.0 Å². The van der Waals surface area contributed by atoms with Gasteiger partial charge in [-0.15, -0.1) is 5.06 Å². The summed E-state index contributed by atoms with van der Waals surface area (Å²) in [6, 6.07) is 11.0. The van der Waals surface area contributed by atoms with E-state index in [1.165, 1.54) is 37.5 Å². The molecule has 0 unspecified atom stereocenters. The zero-order valence-electron chi connectivity index (χ0n) is 25.7. The highest BCUT2D eigenvalue weighted by Gasteiger charge is 2.43. The molecule has 0 bridgehead atoms. The van der Waals surface area contributed by atoms with Gasteiger partial charge in [-0.25, -0.2) is 13.2 Å². The number of anilines is 1. The molecule has 0 saturated heterocycles. The molecule has 8 nitrogen and oxygen atoms in total. The minimum Gasteiger partial charge on any atom is -0.367 e. The van der Waals surface area contributed by atoms with Crippen molar-refractivity contribution in [1.29, 1.82) is 0 Å². The van der Waals surface area contributed by atoms with E-state index >= 15 is 0 Å². The Morgan fingerprint density at radius 2 is 1.73 bits per heavy atom. The van der Waals surface area contributed by atoms with Crippen LogP contribution in [0.4, 0.5) is 18.9 Å². The van der Waals surface area contributed by atoms with Gasteiger partial charge in [-0.3, -0.25) is 9.52 Å². The molecule has 1 saturated carbocycles. The van der Waals surface area contributed by atoms with Gasteiger partial charge in [-0.05, 0) is 81.3 Å². The molecule has 1 heterocycles. The number of amides is 1. The van der Waals surface area contributed by atoms with Crippen LogP contribution in [0, 0.1) is 11.3 Å². The lowest BCUT2D eigenvalue weighted by atomic mass is 9.85. The largest absolute Gasteiger partial charge is 0.471 e. The van der Waals surface area contributed by atoms with E-state index in [0.717, 1.165) is 24.2 Å². The predicted octanol–water partition coefficient (Wildman–Crippen LogP) is 6.60. The number of hydroxylamine groups is 2. The number of benzene rings is 2. The Labute approximate surface area is 257 Å². The molecule has 2 aromatic rings. The fourth-order valence-corrected chi connectivity index (χ4v) is 6.87. The lowest BCUT2D eigenvalue weighted by molar-refractivity contribution is -0.215. The third-order valence-electron chi connectivity index (χ3n) is 8.32. The van der Waals surface area contributed by atoms with Gasteiger partial charge in [-0.2, -0.15) is 13.2 Å². The molecule has 12 heteroatoms. The predicted molar refractivity (Wildman–Crippen MR) is 161 cm³/mol. The Hall–Kier alpha value is -3.12. The van der Waals surface area contributed by atoms with Crippen molar-refractivity contribution in [2.45, 2.75) is 103 Å². The topological polar surface area (TPSA) is 96.0 Å². The summed E-state index contributed by atoms with van der Waals surface area (Å²) in [6.45, 7) is 7.14. The fourth-order valence-electron chi connectivity index (χ4n) is 5.72. The van der Waals surface area contributed by atoms with Crippen LogP contribution in [0.1, 0.15) is 82.9 Å². The van der Waals surface area contributed by atoms with Gasteiger partial charge in [0.05, 0.1) is 22.5 Å². The van der Waals surface area contributed by atoms with E-state index in [1.807, 2.05) is 6.92 Å². The Bertz CT molecular complexity index is 1450. The monoisotopic (exact) mass is 637 g/mol. The van der Waals surface area contributed by atoms with Crippen molar-refractivity contribution in [3.05, 3.63) is 59.2 Å². The summed E-state index contributed by atoms with van der Waals surface area (Å²) in [5, 5.41) is 1.65. The maximum Gasteiger partial charge on any atom is 0.471 e. The highest BCUT2D eigenvalue weighted by atomic mass is 32.2. The van der Waals surface area contributed by atoms with Crippen molar-refractivity contribution in [2.75, 3.05) is 11.3 Å². The molecule has 0 radical (unpaired) electrons. The highest BCUT2D eigenvalue weighted by molar-refractivity contribution is 7.92. The quantitative estimate of drug-likeness (QED) is 0.312. The van der Waals surface area contributed by atoms with Gasteiger partial charge in [0.2, 0.25) is 0 Å². The first-order valence-corrected chi connectivity index (χ1v) is 16.6. The van der Waals surface area contributed by atoms with Crippen molar-refractivity contribution in [3.63, 3.8) is 0 Å². The lowest BCUT2D eigenvalue weighted by Gasteiger charge is -2.33. The zero-order chi connectivity index (χ0) is 32.3. The molecule has 0 spiro atoms. The van der Waals surface area contributed by atoms with Gasteiger partial charge in [0, 0.05) is 19.1 Å². The highest BCUT2D eigenvalue weighted by Crippen LogP contribution is 2.32. The van der Waals surface area contributed by atoms with E-state index in [1.54, 1.807) is 50.1 Å². The Balaban J connectivity index is 1.53. The van der Waals surface area contributed by atoms with Crippen LogP contribution in [0.5, 0.6) is 0 Å². The SMILES string of the molecule is C[C@@H](CC1CCCCC1)N(Cc1ccccc1NS(=O)(=O)c1ccc2c(c1)CCN(C(=O)C(F)(F)F)C2)OC(=O)C(C)(C)C. The number of rotatable bonds is 9. The van der Waals surface area contributed by atoms with Crippen LogP contribution in [0.2, 0.25) is 0 Å². The summed E-state index contributed by atoms with van der Waals surface area (Å²) in [7, 11) is -4.08. The van der Waals surface area contributed by atoms with Crippen molar-refractivity contribution in [1.82, 2.24) is 9.96 Å². The van der Waals surface area contributed by atoms with Gasteiger partial charge >= 0.3 is 18.1 Å². The van der Waals surface area contributed by atoms with Crippen molar-refractivity contribution >= 4 is 27.6 Å². The van der Waals surface area contributed by atoms with E-state index in [-0.39, 0.29) is 43.0 Å². The number of halogens is 3. The van der Waals surface area contributed by atoms with Gasteiger partial charge in [0.15, 0.2) is 0 Å². The summed E-state index contributed by atoms with van der Waals surface area (Å²) < 4.78 is 68.4. The maximum absolute atomic E-state index is 13.5. The van der Waals surface area contributed by atoms with E-state index in [0.29, 0.717) is 28.3 Å². The average molecular weight is 638 g/mol. The second-order valence-corrected chi connectivity index (χ2v) is 14.6. The van der Waals surface area contributed by atoms with Crippen LogP contribution in [0.15, 0.2) is 47.4 Å². The molecule has 242 valence electrons. The molecule has 4 rings (SSSR count). The van der Waals surface area contributed by atoms with Crippen LogP contribution in [0.3, 0.4) is 0 Å². The standard InChI is InChI=1S/C32H42F3N3O5S/c1-22(18-23-10-6-5-7-11-23)38(43-30(40)31(2,3)4)21-26-12-8-9-13-28(26)36-44(41,42)27-15-14-25-20-37(17-16-24(25)19-27)29(39)32(33,34)35/h8-9,12-15,19,22-23,36H,5-7,10-11,16-18,20-21H2,1-4H3/t22-/m0/s1. The minimum absolute atomic E-state index is 0.0386. The number of nitrogens with zero attached hydrogens (tertiary/aromatic N) is 2. The summed E-state index contributed by atoms with van der Waals surface area (Å²) in [5.74, 6) is -1.75. The van der Waals surface area contributed by atoms with Gasteiger partial charge in [-0.1, -0.05) is 56.4 Å². The summed E-state index contributed by atoms with van der Waals surface area (Å²) in [4.78, 5) is 31.2. The Morgan fingerprint density at radius 1 is 1.05 bits per heavy atom. The van der Waals surface area contributed by atoms with Crippen molar-refractivity contribution < 1.29 is 36.0 Å². The first kappa shape index (κ1) is 33.8. The Kier molecular flexibility index (Phi) is 10.3. The smallest absolute Gasteiger partial charge is 0.367 e. The summed E-state index contributed by atoms with van der Waals surface area (Å²) in [5.41, 5.74) is 1.26. The zero-order valence-corrected chi connectivity index (χ0v) is 26.6. The molecule has 1 aliphatic carbocycles. The summed E-state index contributed by atoms with van der Waals surface area (Å²) in [6.07, 6.45) is 1.88. The number of fused-ring (bicyclic) bond motifs is 1. The minimum atomic E-state index is -4.97. The van der Waals surface area contributed by atoms with Crippen LogP contribution >= 0.6 is 0 Å². The maximum atomic E-state index is 13.5. The number of para-hydroxylation sites is 1. The first-order chi connectivity index (χ1) is 20.5. The van der Waals surface area contributed by atoms with E-state index < -0.39 is 27.5 Å². The number of carbonyl (C=O) groups is 2. The van der Waals surface area contributed by atoms with E-state index in [4.69, 9.17) is 4.84 Å². The second kappa shape index (κ2) is 13.5. The van der Waals surface area contributed by atoms with Gasteiger partial charge < -0.3 is 9.74 Å². The second-order valence-electron chi connectivity index (χ2n) is 13.0. The van der Waals surface area contributed by atoms with E-state index in [2.05, 4.69) is 4.72 Å². The Morgan fingerprint density at radius 3 is 2.39 bits per heavy atom. The molecule has 1 atom stereocenters. The number of hydrogen-bond donors (Lipinski definition) is 1. The van der Waals surface area contributed by atoms with Gasteiger partial charge in [0.1, 0.15) is 0 Å². The molecule has 0 aromatic heterocycles. The summed E-state index contributed by atoms with van der Waals surface area (Å²) >= 11 is 0. The molecular weight excluding hydrogens is 595 g/mol. The van der Waals surface area contributed by atoms with Gasteiger partial charge in [0.25, 0.3) is 10.0 Å². The molecule has 2 aliphatic rings. The number of nitrogens with one attached hydrogen (secondary N) is 1. The first-order valence-electron chi connectivity index (χ1n) is 15.1. The molecule has 1 fully saturated rings. The normalized spacial score (nSPS) is 17.2. The number of sulfonamides is 1. The third-order valence-corrected chi connectivity index (χ3v) is 9.68. The molecule has 2 aromatic carbocycles. The van der Waals surface area contributed by atoms with Crippen LogP contribution < -0.4 is 4.72 Å². The van der Waals surface area contributed by atoms with Crippen molar-refractivity contribution in [2.24, 2.45) is 11.3 Å². The van der Waals surface area contributed by atoms with Crippen LogP contribution in [0.25, 0.3) is 0 Å². The fraction of sp³-hybridized carbons (Fsp3) is 0.562. The molecule has 1 aliphatic heterocycles. The number of hydrogen-bond acceptors (Lipinski definition) is 6. The molecule has 1 amide bonds. The third kappa shape index (κ3) is 8.53. The van der Waals surface area contributed by atoms with Crippen molar-refractivity contribution in [3.8, 4) is 0 Å². The van der Waals surface area contributed by atoms with E-state index in [9.17, 15) is 31.2 Å². The molecule has 44 heavy (non-hydrogen) atoms. The van der Waals surface area contributed by atoms with Crippen LogP contribution in [-0.4, -0.2) is 49.0 Å². The number of alkyl halides is 3. The lowest BCUT2D eigenvalue weighted by Crippen LogP contribution is -2.43. The molecular formula is C32H42F3N3O5S.